The summed E-state index contributed by atoms with van der Waals surface area (Å²) in [4.78, 5) is 23.7. The molecule has 0 bridgehead atoms. The number of nitrogens with two attached hydrogens (primary N) is 1. The van der Waals surface area contributed by atoms with Gasteiger partial charge in [-0.25, -0.2) is 0 Å². The molecule has 8 nitrogen and oxygen atoms in total. The summed E-state index contributed by atoms with van der Waals surface area (Å²) in [6, 6.07) is 0. The van der Waals surface area contributed by atoms with Crippen molar-refractivity contribution in [3.05, 3.63) is 10.1 Å². The lowest BCUT2D eigenvalue weighted by atomic mass is 10.2. The van der Waals surface area contributed by atoms with Crippen LogP contribution in [0.4, 0.5) is 23.3 Å². The van der Waals surface area contributed by atoms with Crippen LogP contribution in [0.15, 0.2) is 0 Å². The maximum atomic E-state index is 11.4. The molecule has 22 heavy (non-hydrogen) atoms. The molecule has 0 atom stereocenters. The highest BCUT2D eigenvalue weighted by molar-refractivity contribution is 5.71. The Balaban J connectivity index is 2.01. The normalized spacial score (nSPS) is 19.3. The number of nitro groups is 1. The van der Waals surface area contributed by atoms with Gasteiger partial charge in [0.05, 0.1) is 4.92 Å². The van der Waals surface area contributed by atoms with Crippen molar-refractivity contribution < 1.29 is 4.92 Å². The van der Waals surface area contributed by atoms with Crippen molar-refractivity contribution in [3.8, 4) is 0 Å². The SMILES string of the molecule is Nc1nc(N2CCCC2)nc(N2CCCCCC2)c1[N+](=O)[O-]. The van der Waals surface area contributed by atoms with E-state index in [0.717, 1.165) is 64.7 Å². The molecule has 8 heteroatoms. The molecule has 1 aromatic heterocycles. The molecule has 0 amide bonds. The van der Waals surface area contributed by atoms with Crippen LogP contribution in [-0.2, 0) is 0 Å². The van der Waals surface area contributed by atoms with Crippen LogP contribution in [0, 0.1) is 10.1 Å². The first kappa shape index (κ1) is 14.8. The molecule has 120 valence electrons. The highest BCUT2D eigenvalue weighted by Gasteiger charge is 2.29. The third-order valence-electron chi connectivity index (χ3n) is 4.36. The molecule has 0 aromatic carbocycles. The number of rotatable bonds is 3. The molecule has 0 spiro atoms. The van der Waals surface area contributed by atoms with Gasteiger partial charge in [0.2, 0.25) is 17.6 Å². The van der Waals surface area contributed by atoms with Crippen LogP contribution in [0.2, 0.25) is 0 Å². The summed E-state index contributed by atoms with van der Waals surface area (Å²) in [5.41, 5.74) is 5.74. The maximum absolute atomic E-state index is 11.4. The summed E-state index contributed by atoms with van der Waals surface area (Å²) >= 11 is 0. The van der Waals surface area contributed by atoms with Gasteiger partial charge in [-0.3, -0.25) is 10.1 Å². The predicted molar refractivity (Wildman–Crippen MR) is 85.2 cm³/mol. The van der Waals surface area contributed by atoms with E-state index < -0.39 is 4.92 Å². The smallest absolute Gasteiger partial charge is 0.353 e. The Morgan fingerprint density at radius 2 is 1.45 bits per heavy atom. The Morgan fingerprint density at radius 3 is 2.05 bits per heavy atom. The van der Waals surface area contributed by atoms with Crippen LogP contribution >= 0.6 is 0 Å². The maximum Gasteiger partial charge on any atom is 0.353 e. The van der Waals surface area contributed by atoms with Gasteiger partial charge in [-0.1, -0.05) is 12.8 Å². The minimum absolute atomic E-state index is 0.0267. The van der Waals surface area contributed by atoms with Gasteiger partial charge in [0.15, 0.2) is 0 Å². The zero-order valence-corrected chi connectivity index (χ0v) is 12.7. The quantitative estimate of drug-likeness (QED) is 0.672. The van der Waals surface area contributed by atoms with E-state index in [1.807, 2.05) is 4.90 Å². The van der Waals surface area contributed by atoms with Crippen LogP contribution in [0.5, 0.6) is 0 Å². The molecule has 2 aliphatic heterocycles. The van der Waals surface area contributed by atoms with Gasteiger partial charge in [-0.15, -0.1) is 0 Å². The Kier molecular flexibility index (Phi) is 4.26. The molecule has 2 aliphatic rings. The lowest BCUT2D eigenvalue weighted by Crippen LogP contribution is -2.28. The van der Waals surface area contributed by atoms with Crippen LogP contribution in [0.25, 0.3) is 0 Å². The topological polar surface area (TPSA) is 101 Å². The Hall–Kier alpha value is -2.12. The second-order valence-corrected chi connectivity index (χ2v) is 5.93. The van der Waals surface area contributed by atoms with Crippen molar-refractivity contribution in [3.63, 3.8) is 0 Å². The van der Waals surface area contributed by atoms with E-state index in [1.165, 1.54) is 0 Å². The van der Waals surface area contributed by atoms with Crippen molar-refractivity contribution in [1.29, 1.82) is 0 Å². The zero-order chi connectivity index (χ0) is 15.5. The van der Waals surface area contributed by atoms with Crippen LogP contribution in [0.1, 0.15) is 38.5 Å². The van der Waals surface area contributed by atoms with Gasteiger partial charge in [-0.05, 0) is 25.7 Å². The lowest BCUT2D eigenvalue weighted by molar-refractivity contribution is -0.383. The van der Waals surface area contributed by atoms with Gasteiger partial charge in [0.25, 0.3) is 0 Å². The molecule has 1 aromatic rings. The summed E-state index contributed by atoms with van der Waals surface area (Å²) in [6.07, 6.45) is 6.56. The van der Waals surface area contributed by atoms with Crippen molar-refractivity contribution >= 4 is 23.3 Å². The minimum Gasteiger partial charge on any atom is -0.378 e. The number of nitrogens with zero attached hydrogens (tertiary/aromatic N) is 5. The predicted octanol–water partition coefficient (Wildman–Crippen LogP) is 1.95. The van der Waals surface area contributed by atoms with Gasteiger partial charge >= 0.3 is 5.69 Å². The fourth-order valence-electron chi connectivity index (χ4n) is 3.18. The van der Waals surface area contributed by atoms with Crippen molar-refractivity contribution in [2.45, 2.75) is 38.5 Å². The highest BCUT2D eigenvalue weighted by atomic mass is 16.6. The van der Waals surface area contributed by atoms with E-state index >= 15 is 0 Å². The average Bonchev–Trinajstić information content (AvgIpc) is 2.88. The minimum atomic E-state index is -0.455. The fourth-order valence-corrected chi connectivity index (χ4v) is 3.18. The van der Waals surface area contributed by atoms with Gasteiger partial charge in [0, 0.05) is 26.2 Å². The number of hydrogen-bond donors (Lipinski definition) is 1. The van der Waals surface area contributed by atoms with E-state index in [1.54, 1.807) is 0 Å². The molecular formula is C14H22N6O2. The van der Waals surface area contributed by atoms with E-state index in [-0.39, 0.29) is 11.5 Å². The summed E-state index contributed by atoms with van der Waals surface area (Å²) in [5, 5.41) is 11.4. The Bertz CT molecular complexity index is 551. The molecule has 2 N–H and O–H groups in total. The lowest BCUT2D eigenvalue weighted by Gasteiger charge is -2.23. The fraction of sp³-hybridized carbons (Fsp3) is 0.714. The second-order valence-electron chi connectivity index (χ2n) is 5.93. The highest BCUT2D eigenvalue weighted by Crippen LogP contribution is 2.34. The summed E-state index contributed by atoms with van der Waals surface area (Å²) < 4.78 is 0. The van der Waals surface area contributed by atoms with Gasteiger partial charge < -0.3 is 15.5 Å². The second kappa shape index (κ2) is 6.33. The summed E-state index contributed by atoms with van der Waals surface area (Å²) in [7, 11) is 0. The Morgan fingerprint density at radius 1 is 0.909 bits per heavy atom. The van der Waals surface area contributed by atoms with E-state index in [9.17, 15) is 10.1 Å². The number of nitrogen functional groups attached to an aromatic ring is 1. The molecule has 2 saturated heterocycles. The van der Waals surface area contributed by atoms with Crippen molar-refractivity contribution in [2.75, 3.05) is 41.7 Å². The molecule has 3 rings (SSSR count). The van der Waals surface area contributed by atoms with Crippen LogP contribution in [0.3, 0.4) is 0 Å². The largest absolute Gasteiger partial charge is 0.378 e. The summed E-state index contributed by atoms with van der Waals surface area (Å²) in [5.74, 6) is 0.891. The van der Waals surface area contributed by atoms with E-state index in [0.29, 0.717) is 11.8 Å². The Labute approximate surface area is 129 Å². The molecule has 3 heterocycles. The van der Waals surface area contributed by atoms with E-state index in [2.05, 4.69) is 14.9 Å². The first-order valence-electron chi connectivity index (χ1n) is 7.98. The molecule has 0 radical (unpaired) electrons. The van der Waals surface area contributed by atoms with Gasteiger partial charge in [-0.2, -0.15) is 9.97 Å². The van der Waals surface area contributed by atoms with Gasteiger partial charge in [0.1, 0.15) is 0 Å². The number of anilines is 3. The number of aromatic nitrogens is 2. The monoisotopic (exact) mass is 306 g/mol. The number of hydrogen-bond acceptors (Lipinski definition) is 7. The van der Waals surface area contributed by atoms with Crippen LogP contribution in [-0.4, -0.2) is 41.1 Å². The van der Waals surface area contributed by atoms with Crippen molar-refractivity contribution in [1.82, 2.24) is 9.97 Å². The summed E-state index contributed by atoms with van der Waals surface area (Å²) in [6.45, 7) is 3.35. The van der Waals surface area contributed by atoms with E-state index in [4.69, 9.17) is 5.73 Å². The third kappa shape index (κ3) is 2.90. The molecule has 0 aliphatic carbocycles. The van der Waals surface area contributed by atoms with Crippen LogP contribution < -0.4 is 15.5 Å². The average molecular weight is 306 g/mol. The molecule has 0 unspecified atom stereocenters. The van der Waals surface area contributed by atoms with Crippen molar-refractivity contribution in [2.24, 2.45) is 0 Å². The zero-order valence-electron chi connectivity index (χ0n) is 12.7. The standard InChI is InChI=1S/C14H22N6O2/c15-12-11(20(21)22)13(18-7-3-1-2-4-8-18)17-14(16-12)19-9-5-6-10-19/h1-10H2,(H2,15,16,17). The molecule has 2 fully saturated rings. The first-order chi connectivity index (χ1) is 10.7. The third-order valence-corrected chi connectivity index (χ3v) is 4.36. The molecular weight excluding hydrogens is 284 g/mol. The molecule has 0 saturated carbocycles. The first-order valence-corrected chi connectivity index (χ1v) is 7.98.